The lowest BCUT2D eigenvalue weighted by Crippen LogP contribution is -2.22. The van der Waals surface area contributed by atoms with Gasteiger partial charge in [0.2, 0.25) is 5.95 Å². The Hall–Kier alpha value is -1.89. The first-order valence-electron chi connectivity index (χ1n) is 5.95. The number of halogens is 1. The summed E-state index contributed by atoms with van der Waals surface area (Å²) in [6.07, 6.45) is 7.38. The van der Waals surface area contributed by atoms with Crippen LogP contribution in [-0.2, 0) is 6.54 Å². The van der Waals surface area contributed by atoms with Crippen molar-refractivity contribution in [3.63, 3.8) is 0 Å². The first-order valence-corrected chi connectivity index (χ1v) is 6.75. The van der Waals surface area contributed by atoms with Crippen molar-refractivity contribution in [2.24, 2.45) is 0 Å². The molecule has 1 N–H and O–H groups in total. The van der Waals surface area contributed by atoms with E-state index < -0.39 is 0 Å². The SMILES string of the molecule is CC(Cn1ccnc1)Nc1nc2c(Br)cccn2n1. The predicted octanol–water partition coefficient (Wildman–Crippen LogP) is 2.19. The first-order chi connectivity index (χ1) is 9.22. The van der Waals surface area contributed by atoms with Crippen LogP contribution in [0.2, 0.25) is 0 Å². The van der Waals surface area contributed by atoms with Gasteiger partial charge in [0, 0.05) is 31.2 Å². The van der Waals surface area contributed by atoms with Gasteiger partial charge in [-0.1, -0.05) is 0 Å². The van der Waals surface area contributed by atoms with E-state index in [1.54, 1.807) is 17.0 Å². The number of nitrogens with zero attached hydrogens (tertiary/aromatic N) is 5. The van der Waals surface area contributed by atoms with Crippen molar-refractivity contribution in [3.8, 4) is 0 Å². The van der Waals surface area contributed by atoms with Crippen LogP contribution < -0.4 is 5.32 Å². The Morgan fingerprint density at radius 3 is 3.05 bits per heavy atom. The minimum Gasteiger partial charge on any atom is -0.349 e. The highest BCUT2D eigenvalue weighted by Crippen LogP contribution is 2.17. The molecule has 1 atom stereocenters. The van der Waals surface area contributed by atoms with Crippen molar-refractivity contribution in [1.82, 2.24) is 24.1 Å². The molecule has 0 aliphatic rings. The molecular weight excluding hydrogens is 308 g/mol. The van der Waals surface area contributed by atoms with Gasteiger partial charge in [-0.25, -0.2) is 9.50 Å². The van der Waals surface area contributed by atoms with Crippen molar-refractivity contribution >= 4 is 27.5 Å². The van der Waals surface area contributed by atoms with E-state index >= 15 is 0 Å². The monoisotopic (exact) mass is 320 g/mol. The summed E-state index contributed by atoms with van der Waals surface area (Å²) in [6.45, 7) is 2.90. The molecule has 19 heavy (non-hydrogen) atoms. The van der Waals surface area contributed by atoms with Crippen LogP contribution in [0.5, 0.6) is 0 Å². The summed E-state index contributed by atoms with van der Waals surface area (Å²) in [4.78, 5) is 8.47. The molecule has 0 saturated carbocycles. The molecule has 6 nitrogen and oxygen atoms in total. The smallest absolute Gasteiger partial charge is 0.243 e. The second-order valence-electron chi connectivity index (χ2n) is 4.36. The Bertz CT molecular complexity index is 675. The molecule has 0 fully saturated rings. The van der Waals surface area contributed by atoms with Gasteiger partial charge < -0.3 is 9.88 Å². The van der Waals surface area contributed by atoms with Gasteiger partial charge in [-0.05, 0) is 35.0 Å². The Morgan fingerprint density at radius 2 is 2.32 bits per heavy atom. The average molecular weight is 321 g/mol. The molecule has 0 saturated heterocycles. The topological polar surface area (TPSA) is 60.0 Å². The predicted molar refractivity (Wildman–Crippen MR) is 76.0 cm³/mol. The Labute approximate surface area is 118 Å². The minimum absolute atomic E-state index is 0.213. The Balaban J connectivity index is 1.76. The maximum Gasteiger partial charge on any atom is 0.243 e. The molecule has 1 unspecified atom stereocenters. The van der Waals surface area contributed by atoms with E-state index in [4.69, 9.17) is 0 Å². The number of hydrogen-bond acceptors (Lipinski definition) is 4. The van der Waals surface area contributed by atoms with Gasteiger partial charge >= 0.3 is 0 Å². The molecule has 0 bridgehead atoms. The molecule has 3 heterocycles. The van der Waals surface area contributed by atoms with E-state index in [9.17, 15) is 0 Å². The summed E-state index contributed by atoms with van der Waals surface area (Å²) in [5.74, 6) is 0.625. The zero-order chi connectivity index (χ0) is 13.2. The van der Waals surface area contributed by atoms with Gasteiger partial charge in [-0.3, -0.25) is 0 Å². The molecule has 0 aliphatic heterocycles. The minimum atomic E-state index is 0.213. The number of nitrogens with one attached hydrogen (secondary N) is 1. The molecule has 0 spiro atoms. The van der Waals surface area contributed by atoms with Crippen molar-refractivity contribution in [2.75, 3.05) is 5.32 Å². The lowest BCUT2D eigenvalue weighted by molar-refractivity contribution is 0.615. The molecule has 0 aromatic carbocycles. The van der Waals surface area contributed by atoms with E-state index in [0.29, 0.717) is 5.95 Å². The van der Waals surface area contributed by atoms with E-state index in [2.05, 4.69) is 43.2 Å². The van der Waals surface area contributed by atoms with Gasteiger partial charge in [0.15, 0.2) is 5.65 Å². The third kappa shape index (κ3) is 2.60. The van der Waals surface area contributed by atoms with Gasteiger partial charge in [0.05, 0.1) is 10.8 Å². The average Bonchev–Trinajstić information content (AvgIpc) is 2.98. The Kier molecular flexibility index (Phi) is 3.20. The normalized spacial score (nSPS) is 12.7. The largest absolute Gasteiger partial charge is 0.349 e. The third-order valence-electron chi connectivity index (χ3n) is 2.73. The van der Waals surface area contributed by atoms with E-state index in [1.807, 2.05) is 29.1 Å². The van der Waals surface area contributed by atoms with E-state index in [0.717, 1.165) is 16.7 Å². The van der Waals surface area contributed by atoms with Gasteiger partial charge in [-0.15, -0.1) is 5.10 Å². The highest BCUT2D eigenvalue weighted by molar-refractivity contribution is 9.10. The fraction of sp³-hybridized carbons (Fsp3) is 0.250. The van der Waals surface area contributed by atoms with Gasteiger partial charge in [0.25, 0.3) is 0 Å². The zero-order valence-corrected chi connectivity index (χ0v) is 11.9. The number of rotatable bonds is 4. The fourth-order valence-electron chi connectivity index (χ4n) is 1.91. The molecule has 3 aromatic heterocycles. The lowest BCUT2D eigenvalue weighted by atomic mass is 10.3. The summed E-state index contributed by atoms with van der Waals surface area (Å²) in [5, 5.41) is 7.67. The van der Waals surface area contributed by atoms with Crippen LogP contribution in [0.15, 0.2) is 41.5 Å². The summed E-state index contributed by atoms with van der Waals surface area (Å²) in [5.41, 5.74) is 0.805. The van der Waals surface area contributed by atoms with Crippen molar-refractivity contribution in [3.05, 3.63) is 41.5 Å². The molecule has 0 radical (unpaired) electrons. The third-order valence-corrected chi connectivity index (χ3v) is 3.35. The van der Waals surface area contributed by atoms with Crippen LogP contribution in [0.4, 0.5) is 5.95 Å². The van der Waals surface area contributed by atoms with E-state index in [-0.39, 0.29) is 6.04 Å². The molecule has 7 heteroatoms. The molecule has 0 aliphatic carbocycles. The fourth-order valence-corrected chi connectivity index (χ4v) is 2.33. The second kappa shape index (κ2) is 5.00. The molecule has 3 aromatic rings. The van der Waals surface area contributed by atoms with Crippen LogP contribution in [0, 0.1) is 0 Å². The summed E-state index contributed by atoms with van der Waals surface area (Å²) in [7, 11) is 0. The highest BCUT2D eigenvalue weighted by Gasteiger charge is 2.09. The van der Waals surface area contributed by atoms with Crippen LogP contribution in [0.1, 0.15) is 6.92 Å². The van der Waals surface area contributed by atoms with Crippen molar-refractivity contribution in [2.45, 2.75) is 19.5 Å². The second-order valence-corrected chi connectivity index (χ2v) is 5.22. The number of fused-ring (bicyclic) bond motifs is 1. The molecule has 0 amide bonds. The van der Waals surface area contributed by atoms with Gasteiger partial charge in [0.1, 0.15) is 0 Å². The number of pyridine rings is 1. The van der Waals surface area contributed by atoms with E-state index in [1.165, 1.54) is 0 Å². The maximum absolute atomic E-state index is 4.45. The first kappa shape index (κ1) is 12.2. The number of aromatic nitrogens is 5. The summed E-state index contributed by atoms with van der Waals surface area (Å²) in [6, 6.07) is 4.08. The standard InChI is InChI=1S/C12H13BrN6/c1-9(7-18-6-4-14-8-18)15-12-16-11-10(13)3-2-5-19(11)17-12/h2-6,8-9H,7H2,1H3,(H,15,17). The highest BCUT2D eigenvalue weighted by atomic mass is 79.9. The zero-order valence-electron chi connectivity index (χ0n) is 10.4. The summed E-state index contributed by atoms with van der Waals surface area (Å²) >= 11 is 3.46. The quantitative estimate of drug-likeness (QED) is 0.800. The van der Waals surface area contributed by atoms with Crippen LogP contribution in [0.3, 0.4) is 0 Å². The number of imidazole rings is 1. The molecule has 3 rings (SSSR count). The molecular formula is C12H13BrN6. The lowest BCUT2D eigenvalue weighted by Gasteiger charge is -2.12. The van der Waals surface area contributed by atoms with Crippen LogP contribution in [-0.4, -0.2) is 30.2 Å². The van der Waals surface area contributed by atoms with Crippen molar-refractivity contribution in [1.29, 1.82) is 0 Å². The summed E-state index contributed by atoms with van der Waals surface area (Å²) < 4.78 is 4.69. The number of anilines is 1. The van der Waals surface area contributed by atoms with Crippen LogP contribution >= 0.6 is 15.9 Å². The van der Waals surface area contributed by atoms with Crippen molar-refractivity contribution < 1.29 is 0 Å². The Morgan fingerprint density at radius 1 is 1.42 bits per heavy atom. The molecule has 98 valence electrons. The maximum atomic E-state index is 4.45. The van der Waals surface area contributed by atoms with Gasteiger partial charge in [-0.2, -0.15) is 4.98 Å². The number of hydrogen-bond donors (Lipinski definition) is 1. The van der Waals surface area contributed by atoms with Crippen LogP contribution in [0.25, 0.3) is 5.65 Å².